The van der Waals surface area contributed by atoms with E-state index in [1.807, 2.05) is 0 Å². The van der Waals surface area contributed by atoms with E-state index in [4.69, 9.17) is 10.3 Å². The molecule has 0 aromatic rings. The van der Waals surface area contributed by atoms with Gasteiger partial charge in [0.1, 0.15) is 5.84 Å². The average Bonchev–Trinajstić information content (AvgIpc) is 2.79. The number of hydrogen-bond acceptors (Lipinski definition) is 6. The van der Waals surface area contributed by atoms with E-state index < -0.39 is 28.5 Å². The lowest BCUT2D eigenvalue weighted by atomic mass is 9.98. The number of rotatable bonds is 4. The molecule has 3 heterocycles. The Labute approximate surface area is 145 Å². The van der Waals surface area contributed by atoms with Gasteiger partial charge in [0.05, 0.1) is 18.0 Å². The first-order chi connectivity index (χ1) is 11.8. The zero-order valence-electron chi connectivity index (χ0n) is 13.5. The van der Waals surface area contributed by atoms with Crippen LogP contribution in [-0.2, 0) is 19.5 Å². The van der Waals surface area contributed by atoms with E-state index in [1.54, 1.807) is 0 Å². The molecule has 140 valence electrons. The van der Waals surface area contributed by atoms with Gasteiger partial charge in [-0.15, -0.1) is 4.28 Å². The molecule has 0 radical (unpaired) electrons. The largest absolute Gasteiger partial charge is 0.418 e. The van der Waals surface area contributed by atoms with Crippen LogP contribution in [0.3, 0.4) is 0 Å². The summed E-state index contributed by atoms with van der Waals surface area (Å²) in [6, 6.07) is -1.83. The van der Waals surface area contributed by atoms with Crippen molar-refractivity contribution >= 4 is 28.2 Å². The second-order valence-electron chi connectivity index (χ2n) is 6.43. The monoisotopic (exact) mass is 375 g/mol. The minimum Gasteiger partial charge on any atom is -0.385 e. The molecule has 25 heavy (non-hydrogen) atoms. The Balaban J connectivity index is 1.70. The van der Waals surface area contributed by atoms with Crippen molar-refractivity contribution in [3.63, 3.8) is 0 Å². The number of carbonyl (C=O) groups excluding carboxylic acids is 2. The van der Waals surface area contributed by atoms with E-state index in [0.29, 0.717) is 24.4 Å². The molecule has 4 N–H and O–H groups in total. The highest BCUT2D eigenvalue weighted by atomic mass is 32.3. The summed E-state index contributed by atoms with van der Waals surface area (Å²) in [6.45, 7) is 1.62. The molecule has 3 aliphatic rings. The van der Waals surface area contributed by atoms with Gasteiger partial charge in [-0.2, -0.15) is 18.5 Å². The molecular weight excluding hydrogens is 354 g/mol. The lowest BCUT2D eigenvalue weighted by molar-refractivity contribution is -0.122. The van der Waals surface area contributed by atoms with Crippen molar-refractivity contribution in [2.45, 2.75) is 37.8 Å². The number of amidine groups is 1. The van der Waals surface area contributed by atoms with Crippen LogP contribution >= 0.6 is 0 Å². The first kappa shape index (κ1) is 18.0. The van der Waals surface area contributed by atoms with Crippen molar-refractivity contribution in [2.75, 3.05) is 19.6 Å². The summed E-state index contributed by atoms with van der Waals surface area (Å²) in [5.41, 5.74) is 5.96. The molecule has 3 saturated heterocycles. The van der Waals surface area contributed by atoms with Crippen LogP contribution < -0.4 is 11.1 Å². The molecule has 3 fully saturated rings. The van der Waals surface area contributed by atoms with Crippen molar-refractivity contribution in [1.82, 2.24) is 15.3 Å². The Kier molecular flexibility index (Phi) is 4.95. The van der Waals surface area contributed by atoms with Crippen LogP contribution in [-0.4, -0.2) is 72.4 Å². The molecule has 3 amide bonds. The molecule has 0 spiro atoms. The molecule has 11 nitrogen and oxygen atoms in total. The fourth-order valence-electron chi connectivity index (χ4n) is 3.49. The van der Waals surface area contributed by atoms with E-state index >= 15 is 0 Å². The molecule has 2 bridgehead atoms. The summed E-state index contributed by atoms with van der Waals surface area (Å²) in [7, 11) is -4.79. The van der Waals surface area contributed by atoms with Gasteiger partial charge in [0.15, 0.2) is 0 Å². The number of amides is 3. The van der Waals surface area contributed by atoms with E-state index in [9.17, 15) is 18.0 Å². The molecule has 3 unspecified atom stereocenters. The third-order valence-electron chi connectivity index (χ3n) is 4.72. The maximum Gasteiger partial charge on any atom is 0.418 e. The van der Waals surface area contributed by atoms with E-state index in [2.05, 4.69) is 14.6 Å². The van der Waals surface area contributed by atoms with Crippen molar-refractivity contribution in [3.05, 3.63) is 0 Å². The minimum atomic E-state index is -4.79. The van der Waals surface area contributed by atoms with E-state index in [1.165, 1.54) is 4.90 Å². The van der Waals surface area contributed by atoms with Crippen molar-refractivity contribution in [3.8, 4) is 0 Å². The Bertz CT molecular complexity index is 689. The highest BCUT2D eigenvalue weighted by Crippen LogP contribution is 2.30. The fourth-order valence-corrected chi connectivity index (χ4v) is 3.88. The number of nitrogens with zero attached hydrogens (tertiary/aromatic N) is 3. The molecular formula is C13H21N5O6S. The number of nitrogens with two attached hydrogens (primary N) is 1. The highest BCUT2D eigenvalue weighted by Gasteiger charge is 2.48. The average molecular weight is 375 g/mol. The van der Waals surface area contributed by atoms with Crippen LogP contribution in [0.1, 0.15) is 25.7 Å². The summed E-state index contributed by atoms with van der Waals surface area (Å²) in [4.78, 5) is 29.8. The van der Waals surface area contributed by atoms with Crippen molar-refractivity contribution < 1.29 is 26.8 Å². The Morgan fingerprint density at radius 3 is 2.76 bits per heavy atom. The van der Waals surface area contributed by atoms with Crippen molar-refractivity contribution in [1.29, 1.82) is 0 Å². The zero-order chi connectivity index (χ0) is 18.2. The van der Waals surface area contributed by atoms with Gasteiger partial charge in [0.2, 0.25) is 0 Å². The van der Waals surface area contributed by atoms with Gasteiger partial charge in [-0.3, -0.25) is 9.35 Å². The van der Waals surface area contributed by atoms with Crippen molar-refractivity contribution in [2.24, 2.45) is 16.6 Å². The van der Waals surface area contributed by atoms with Gasteiger partial charge in [-0.1, -0.05) is 0 Å². The van der Waals surface area contributed by atoms with Crippen LogP contribution in [0, 0.1) is 5.92 Å². The number of carbonyl (C=O) groups is 2. The molecule has 3 atom stereocenters. The van der Waals surface area contributed by atoms with Gasteiger partial charge in [-0.25, -0.2) is 4.79 Å². The molecule has 3 aliphatic heterocycles. The third-order valence-corrected chi connectivity index (χ3v) is 5.07. The number of hydroxylamine groups is 2. The van der Waals surface area contributed by atoms with E-state index in [0.717, 1.165) is 19.4 Å². The Morgan fingerprint density at radius 2 is 2.12 bits per heavy atom. The molecule has 0 saturated carbocycles. The molecule has 0 aromatic carbocycles. The minimum absolute atomic E-state index is 0.0380. The predicted molar refractivity (Wildman–Crippen MR) is 85.6 cm³/mol. The quantitative estimate of drug-likeness (QED) is 0.317. The van der Waals surface area contributed by atoms with Crippen LogP contribution in [0.4, 0.5) is 4.79 Å². The van der Waals surface area contributed by atoms with Crippen LogP contribution in [0.25, 0.3) is 0 Å². The number of hydrogen-bond donors (Lipinski definition) is 3. The van der Waals surface area contributed by atoms with Crippen LogP contribution in [0.5, 0.6) is 0 Å². The Morgan fingerprint density at radius 1 is 1.36 bits per heavy atom. The van der Waals surface area contributed by atoms with Gasteiger partial charge >= 0.3 is 16.4 Å². The first-order valence-corrected chi connectivity index (χ1v) is 9.48. The number of fused-ring (bicyclic) bond motifs is 2. The predicted octanol–water partition coefficient (Wildman–Crippen LogP) is -1.13. The second kappa shape index (κ2) is 6.86. The first-order valence-electron chi connectivity index (χ1n) is 8.11. The standard InChI is InChI=1S/C13H21N5O6S/c14-11(16-12(19)8-2-1-5-15-6-8)10-4-3-9-7-17(10)13(20)18(9)24-25(21,22)23/h8-10,15H,1-7H2,(H2,14,16,19)(H,21,22,23). The maximum atomic E-state index is 12.3. The number of urea groups is 1. The topological polar surface area (TPSA) is 155 Å². The fraction of sp³-hybridized carbons (Fsp3) is 0.769. The second-order valence-corrected chi connectivity index (χ2v) is 7.43. The lowest BCUT2D eigenvalue weighted by Gasteiger charge is -2.30. The highest BCUT2D eigenvalue weighted by molar-refractivity contribution is 7.80. The zero-order valence-corrected chi connectivity index (χ0v) is 14.3. The normalized spacial score (nSPS) is 30.7. The SMILES string of the molecule is NC(=NC(=O)C1CCCNC1)C1CCC2CN1C(=O)N2OS(=O)(=O)O. The summed E-state index contributed by atoms with van der Waals surface area (Å²) in [6.07, 6.45) is 2.47. The lowest BCUT2D eigenvalue weighted by Crippen LogP contribution is -2.48. The van der Waals surface area contributed by atoms with Gasteiger partial charge in [-0.05, 0) is 32.2 Å². The summed E-state index contributed by atoms with van der Waals surface area (Å²) < 4.78 is 34.9. The molecule has 0 aromatic heterocycles. The Hall–Kier alpha value is -1.76. The van der Waals surface area contributed by atoms with Gasteiger partial charge in [0, 0.05) is 13.1 Å². The van der Waals surface area contributed by atoms with Gasteiger partial charge in [0.25, 0.3) is 5.91 Å². The maximum absolute atomic E-state index is 12.3. The van der Waals surface area contributed by atoms with Gasteiger partial charge < -0.3 is 16.0 Å². The number of nitrogens with one attached hydrogen (secondary N) is 1. The summed E-state index contributed by atoms with van der Waals surface area (Å²) >= 11 is 0. The molecule has 12 heteroatoms. The number of aliphatic imine (C=N–C) groups is 1. The summed E-state index contributed by atoms with van der Waals surface area (Å²) in [5.74, 6) is -0.502. The molecule has 0 aliphatic carbocycles. The van der Waals surface area contributed by atoms with E-state index in [-0.39, 0.29) is 24.2 Å². The third kappa shape index (κ3) is 3.92. The smallest absolute Gasteiger partial charge is 0.385 e. The summed E-state index contributed by atoms with van der Waals surface area (Å²) in [5, 5.41) is 3.76. The molecule has 3 rings (SSSR count). The van der Waals surface area contributed by atoms with Crippen LogP contribution in [0.2, 0.25) is 0 Å². The number of piperidine rings is 2. The van der Waals surface area contributed by atoms with Crippen LogP contribution in [0.15, 0.2) is 4.99 Å².